The lowest BCUT2D eigenvalue weighted by molar-refractivity contribution is 0.414. The van der Waals surface area contributed by atoms with Crippen LogP contribution in [0.3, 0.4) is 0 Å². The van der Waals surface area contributed by atoms with Crippen LogP contribution in [0, 0.1) is 0 Å². The zero-order valence-electron chi connectivity index (χ0n) is 11.2. The van der Waals surface area contributed by atoms with Gasteiger partial charge in [0.2, 0.25) is 10.0 Å². The molecule has 1 aromatic carbocycles. The molecule has 108 valence electrons. The summed E-state index contributed by atoms with van der Waals surface area (Å²) in [7, 11) is -2.08. The van der Waals surface area contributed by atoms with Crippen molar-refractivity contribution < 1.29 is 13.2 Å². The number of ether oxygens (including phenoxy) is 1. The molecule has 0 saturated heterocycles. The lowest BCUT2D eigenvalue weighted by atomic mass is 10.2. The number of fused-ring (bicyclic) bond motifs is 1. The summed E-state index contributed by atoms with van der Waals surface area (Å²) in [5.74, 6) is 0.726. The molecule has 2 heterocycles. The van der Waals surface area contributed by atoms with Gasteiger partial charge in [-0.25, -0.2) is 18.5 Å². The smallest absolute Gasteiger partial charge is 0.238 e. The fourth-order valence-corrected chi connectivity index (χ4v) is 2.63. The van der Waals surface area contributed by atoms with Gasteiger partial charge in [0.1, 0.15) is 11.4 Å². The fourth-order valence-electron chi connectivity index (χ4n) is 2.12. The third-order valence-electron chi connectivity index (χ3n) is 3.20. The number of primary sulfonamides is 1. The van der Waals surface area contributed by atoms with E-state index in [-0.39, 0.29) is 4.90 Å². The number of pyridine rings is 1. The van der Waals surface area contributed by atoms with Crippen molar-refractivity contribution in [1.82, 2.24) is 9.38 Å². The highest BCUT2D eigenvalue weighted by molar-refractivity contribution is 7.89. The number of benzene rings is 1. The van der Waals surface area contributed by atoms with Crippen LogP contribution >= 0.6 is 0 Å². The van der Waals surface area contributed by atoms with E-state index in [0.29, 0.717) is 0 Å². The standard InChI is InChI=1S/C14H13N3O3S/c1-20-11-6-7-17-13(9-16-14(17)8-11)10-2-4-12(5-3-10)21(15,18)19/h2-9H,1H3,(H2,15,18,19). The van der Waals surface area contributed by atoms with E-state index >= 15 is 0 Å². The predicted octanol–water partition coefficient (Wildman–Crippen LogP) is 1.66. The Kier molecular flexibility index (Phi) is 3.15. The van der Waals surface area contributed by atoms with Crippen molar-refractivity contribution >= 4 is 15.7 Å². The van der Waals surface area contributed by atoms with E-state index in [0.717, 1.165) is 22.7 Å². The van der Waals surface area contributed by atoms with E-state index in [2.05, 4.69) is 4.98 Å². The number of methoxy groups -OCH3 is 1. The molecule has 0 aliphatic heterocycles. The first-order valence-corrected chi connectivity index (χ1v) is 7.68. The van der Waals surface area contributed by atoms with Crippen LogP contribution in [0.4, 0.5) is 0 Å². The lowest BCUT2D eigenvalue weighted by Gasteiger charge is -2.04. The highest BCUT2D eigenvalue weighted by Gasteiger charge is 2.10. The van der Waals surface area contributed by atoms with Gasteiger partial charge in [0.25, 0.3) is 0 Å². The van der Waals surface area contributed by atoms with Gasteiger partial charge in [0.15, 0.2) is 0 Å². The molecule has 6 nitrogen and oxygen atoms in total. The molecule has 0 aliphatic carbocycles. The molecule has 21 heavy (non-hydrogen) atoms. The second kappa shape index (κ2) is 4.87. The summed E-state index contributed by atoms with van der Waals surface area (Å²) < 4.78 is 29.6. The van der Waals surface area contributed by atoms with Gasteiger partial charge in [-0.3, -0.25) is 4.40 Å². The van der Waals surface area contributed by atoms with Crippen LogP contribution in [0.15, 0.2) is 53.7 Å². The number of imidazole rings is 1. The van der Waals surface area contributed by atoms with Gasteiger partial charge in [0.05, 0.1) is 23.9 Å². The summed E-state index contributed by atoms with van der Waals surface area (Å²) in [6.45, 7) is 0. The average molecular weight is 303 g/mol. The molecule has 2 aromatic heterocycles. The van der Waals surface area contributed by atoms with Crippen molar-refractivity contribution in [3.8, 4) is 17.0 Å². The van der Waals surface area contributed by atoms with Gasteiger partial charge >= 0.3 is 0 Å². The quantitative estimate of drug-likeness (QED) is 0.797. The van der Waals surface area contributed by atoms with Crippen LogP contribution in [-0.2, 0) is 10.0 Å². The predicted molar refractivity (Wildman–Crippen MR) is 78.6 cm³/mol. The summed E-state index contributed by atoms with van der Waals surface area (Å²) in [6.07, 6.45) is 3.57. The molecule has 0 unspecified atom stereocenters. The molecule has 7 heteroatoms. The van der Waals surface area contributed by atoms with E-state index in [9.17, 15) is 8.42 Å². The van der Waals surface area contributed by atoms with Crippen molar-refractivity contribution in [1.29, 1.82) is 0 Å². The summed E-state index contributed by atoms with van der Waals surface area (Å²) in [4.78, 5) is 4.40. The largest absolute Gasteiger partial charge is 0.497 e. The third-order valence-corrected chi connectivity index (χ3v) is 4.13. The molecule has 0 atom stereocenters. The molecule has 0 saturated carbocycles. The maximum Gasteiger partial charge on any atom is 0.238 e. The molecule has 0 spiro atoms. The maximum atomic E-state index is 11.3. The Hall–Kier alpha value is -2.38. The second-order valence-electron chi connectivity index (χ2n) is 4.51. The molecule has 3 rings (SSSR count). The summed E-state index contributed by atoms with van der Waals surface area (Å²) >= 11 is 0. The van der Waals surface area contributed by atoms with Crippen LogP contribution < -0.4 is 9.88 Å². The van der Waals surface area contributed by atoms with Crippen molar-refractivity contribution in [2.24, 2.45) is 5.14 Å². The van der Waals surface area contributed by atoms with Gasteiger partial charge in [0, 0.05) is 17.8 Å². The molecule has 2 N–H and O–H groups in total. The lowest BCUT2D eigenvalue weighted by Crippen LogP contribution is -2.11. The Bertz CT molecular complexity index is 899. The van der Waals surface area contributed by atoms with Crippen molar-refractivity contribution in [3.05, 3.63) is 48.8 Å². The zero-order chi connectivity index (χ0) is 15.0. The molecule has 0 bridgehead atoms. The number of sulfonamides is 1. The Morgan fingerprint density at radius 2 is 1.90 bits per heavy atom. The molecule has 0 fully saturated rings. The molecule has 3 aromatic rings. The van der Waals surface area contributed by atoms with Gasteiger partial charge in [-0.05, 0) is 18.2 Å². The van der Waals surface area contributed by atoms with E-state index in [1.165, 1.54) is 12.1 Å². The number of rotatable bonds is 3. The number of nitrogens with two attached hydrogens (primary N) is 1. The molecule has 0 amide bonds. The van der Waals surface area contributed by atoms with Crippen molar-refractivity contribution in [2.75, 3.05) is 7.11 Å². The first kappa shape index (κ1) is 13.6. The van der Waals surface area contributed by atoms with Gasteiger partial charge in [-0.2, -0.15) is 0 Å². The monoisotopic (exact) mass is 303 g/mol. The van der Waals surface area contributed by atoms with Crippen molar-refractivity contribution in [2.45, 2.75) is 4.90 Å². The number of aromatic nitrogens is 2. The van der Waals surface area contributed by atoms with Crippen LogP contribution in [0.25, 0.3) is 16.9 Å². The zero-order valence-corrected chi connectivity index (χ0v) is 12.0. The highest BCUT2D eigenvalue weighted by Crippen LogP contribution is 2.24. The minimum atomic E-state index is -3.68. The molecule has 0 radical (unpaired) electrons. The second-order valence-corrected chi connectivity index (χ2v) is 6.07. The van der Waals surface area contributed by atoms with Crippen LogP contribution in [0.5, 0.6) is 5.75 Å². The number of hydrogen-bond acceptors (Lipinski definition) is 4. The maximum absolute atomic E-state index is 11.3. The Morgan fingerprint density at radius 3 is 2.52 bits per heavy atom. The number of nitrogens with zero attached hydrogens (tertiary/aromatic N) is 2. The van der Waals surface area contributed by atoms with Crippen LogP contribution in [0.2, 0.25) is 0 Å². The minimum Gasteiger partial charge on any atom is -0.497 e. The Morgan fingerprint density at radius 1 is 1.19 bits per heavy atom. The van der Waals surface area contributed by atoms with Gasteiger partial charge < -0.3 is 4.74 Å². The summed E-state index contributed by atoms with van der Waals surface area (Å²) in [5, 5.41) is 5.09. The molecule has 0 aliphatic rings. The Labute approximate surface area is 121 Å². The fraction of sp³-hybridized carbons (Fsp3) is 0.0714. The topological polar surface area (TPSA) is 86.7 Å². The molecular weight excluding hydrogens is 290 g/mol. The minimum absolute atomic E-state index is 0.0849. The van der Waals surface area contributed by atoms with E-state index in [4.69, 9.17) is 9.88 Å². The summed E-state index contributed by atoms with van der Waals surface area (Å²) in [6, 6.07) is 10.0. The van der Waals surface area contributed by atoms with Crippen LogP contribution in [-0.4, -0.2) is 24.9 Å². The normalized spacial score (nSPS) is 11.7. The van der Waals surface area contributed by atoms with Gasteiger partial charge in [-0.15, -0.1) is 0 Å². The third kappa shape index (κ3) is 2.48. The van der Waals surface area contributed by atoms with Crippen molar-refractivity contribution in [3.63, 3.8) is 0 Å². The van der Waals surface area contributed by atoms with E-state index in [1.54, 1.807) is 25.4 Å². The van der Waals surface area contributed by atoms with Gasteiger partial charge in [-0.1, -0.05) is 12.1 Å². The summed E-state index contributed by atoms with van der Waals surface area (Å²) in [5.41, 5.74) is 2.45. The SMILES string of the molecule is COc1ccn2c(-c3ccc(S(N)(=O)=O)cc3)cnc2c1. The highest BCUT2D eigenvalue weighted by atomic mass is 32.2. The first-order chi connectivity index (χ1) is 9.99. The van der Waals surface area contributed by atoms with E-state index < -0.39 is 10.0 Å². The van der Waals surface area contributed by atoms with E-state index in [1.807, 2.05) is 22.7 Å². The first-order valence-electron chi connectivity index (χ1n) is 6.13. The number of hydrogen-bond donors (Lipinski definition) is 1. The van der Waals surface area contributed by atoms with Crippen LogP contribution in [0.1, 0.15) is 0 Å². The Balaban J connectivity index is 2.08. The average Bonchev–Trinajstić information content (AvgIpc) is 2.89. The molecular formula is C14H13N3O3S.